The number of hydrogen-bond acceptors (Lipinski definition) is 4. The van der Waals surface area contributed by atoms with Crippen LogP contribution in [0.4, 0.5) is 4.79 Å². The lowest BCUT2D eigenvalue weighted by Crippen LogP contribution is -2.30. The molecule has 0 aromatic carbocycles. The van der Waals surface area contributed by atoms with E-state index in [9.17, 15) is 4.79 Å². The van der Waals surface area contributed by atoms with Gasteiger partial charge in [-0.2, -0.15) is 23.5 Å². The van der Waals surface area contributed by atoms with Gasteiger partial charge in [0.1, 0.15) is 0 Å². The van der Waals surface area contributed by atoms with Crippen molar-refractivity contribution >= 4 is 29.6 Å². The van der Waals surface area contributed by atoms with Crippen molar-refractivity contribution in [2.75, 3.05) is 38.0 Å². The zero-order chi connectivity index (χ0) is 12.7. The number of carbonyl (C=O) groups excluding carboxylic acids is 1. The van der Waals surface area contributed by atoms with E-state index in [1.165, 1.54) is 0 Å². The Kier molecular flexibility index (Phi) is 7.19. The first-order valence-electron chi connectivity index (χ1n) is 6.16. The average Bonchev–Trinajstić information content (AvgIpc) is 2.73. The highest BCUT2D eigenvalue weighted by molar-refractivity contribution is 7.99. The molecule has 0 N–H and O–H groups in total. The molecule has 1 rings (SSSR count). The largest absolute Gasteiger partial charge is 0.449 e. The Morgan fingerprint density at radius 3 is 2.76 bits per heavy atom. The van der Waals surface area contributed by atoms with E-state index in [0.29, 0.717) is 17.8 Å². The number of hydrogen-bond donors (Lipinski definition) is 0. The average molecular weight is 277 g/mol. The lowest BCUT2D eigenvalue weighted by atomic mass is 10.1. The molecule has 1 aliphatic heterocycles. The number of thioether (sulfide) groups is 2. The molecule has 0 aromatic rings. The second-order valence-electron chi connectivity index (χ2n) is 4.36. The van der Waals surface area contributed by atoms with Gasteiger partial charge in [0.05, 0.1) is 6.61 Å². The fourth-order valence-electron chi connectivity index (χ4n) is 2.03. The second kappa shape index (κ2) is 8.14. The first kappa shape index (κ1) is 15.0. The molecule has 5 heteroatoms. The number of rotatable bonds is 6. The summed E-state index contributed by atoms with van der Waals surface area (Å²) < 4.78 is 5.26. The Bertz CT molecular complexity index is 239. The zero-order valence-electron chi connectivity index (χ0n) is 11.0. The summed E-state index contributed by atoms with van der Waals surface area (Å²) in [5, 5.41) is 0.571. The van der Waals surface area contributed by atoms with Gasteiger partial charge in [0, 0.05) is 18.3 Å². The molecule has 1 saturated heterocycles. The number of nitrogens with zero attached hydrogens (tertiary/aromatic N) is 1. The van der Waals surface area contributed by atoms with Gasteiger partial charge in [0.2, 0.25) is 0 Å². The van der Waals surface area contributed by atoms with Crippen molar-refractivity contribution in [2.24, 2.45) is 5.92 Å². The minimum atomic E-state index is -0.124. The van der Waals surface area contributed by atoms with Gasteiger partial charge in [-0.15, -0.1) is 0 Å². The molecule has 1 heterocycles. The summed E-state index contributed by atoms with van der Waals surface area (Å²) in [5.41, 5.74) is 0. The molecule has 2 unspecified atom stereocenters. The van der Waals surface area contributed by atoms with Gasteiger partial charge in [-0.25, -0.2) is 4.79 Å². The van der Waals surface area contributed by atoms with E-state index in [0.717, 1.165) is 31.7 Å². The van der Waals surface area contributed by atoms with Crippen LogP contribution in [0, 0.1) is 5.92 Å². The van der Waals surface area contributed by atoms with Crippen LogP contribution in [-0.4, -0.2) is 54.2 Å². The van der Waals surface area contributed by atoms with Crippen molar-refractivity contribution in [3.8, 4) is 0 Å². The van der Waals surface area contributed by atoms with Gasteiger partial charge in [-0.1, -0.05) is 13.3 Å². The minimum absolute atomic E-state index is 0.124. The van der Waals surface area contributed by atoms with Crippen LogP contribution in [0.25, 0.3) is 0 Å². The number of unbranched alkanes of at least 4 members (excludes halogenated alkanes) is 1. The molecule has 17 heavy (non-hydrogen) atoms. The summed E-state index contributed by atoms with van der Waals surface area (Å²) in [4.78, 5) is 13.7. The Morgan fingerprint density at radius 1 is 1.41 bits per heavy atom. The van der Waals surface area contributed by atoms with Gasteiger partial charge in [0.25, 0.3) is 0 Å². The topological polar surface area (TPSA) is 29.5 Å². The SMILES string of the molecule is CCCCOC(=O)N1CC(CSC)C(SC)C1. The van der Waals surface area contributed by atoms with Gasteiger partial charge >= 0.3 is 6.09 Å². The first-order valence-corrected chi connectivity index (χ1v) is 8.84. The molecular weight excluding hydrogens is 254 g/mol. The van der Waals surface area contributed by atoms with Crippen LogP contribution in [0.3, 0.4) is 0 Å². The quantitative estimate of drug-likeness (QED) is 0.698. The molecule has 3 nitrogen and oxygen atoms in total. The van der Waals surface area contributed by atoms with Crippen molar-refractivity contribution in [2.45, 2.75) is 25.0 Å². The standard InChI is InChI=1S/C12H23NO2S2/c1-4-5-6-15-12(14)13-7-10(9-16-2)11(8-13)17-3/h10-11H,4-9H2,1-3H3. The Hall–Kier alpha value is -0.0300. The molecular formula is C12H23NO2S2. The highest BCUT2D eigenvalue weighted by atomic mass is 32.2. The van der Waals surface area contributed by atoms with E-state index in [1.807, 2.05) is 28.4 Å². The predicted molar refractivity (Wildman–Crippen MR) is 77.0 cm³/mol. The highest BCUT2D eigenvalue weighted by Crippen LogP contribution is 2.29. The fourth-order valence-corrected chi connectivity index (χ4v) is 3.81. The molecule has 0 saturated carbocycles. The smallest absolute Gasteiger partial charge is 0.409 e. The summed E-state index contributed by atoms with van der Waals surface area (Å²) in [7, 11) is 0. The second-order valence-corrected chi connectivity index (χ2v) is 6.35. The number of likely N-dealkylation sites (tertiary alicyclic amines) is 1. The molecule has 0 aliphatic carbocycles. The number of amides is 1. The van der Waals surface area contributed by atoms with E-state index in [1.54, 1.807) is 0 Å². The molecule has 1 aliphatic rings. The maximum absolute atomic E-state index is 11.8. The van der Waals surface area contributed by atoms with Gasteiger partial charge < -0.3 is 9.64 Å². The molecule has 1 amide bonds. The third-order valence-corrected chi connectivity index (χ3v) is 4.95. The van der Waals surface area contributed by atoms with Gasteiger partial charge in [0.15, 0.2) is 0 Å². The lowest BCUT2D eigenvalue weighted by molar-refractivity contribution is 0.108. The zero-order valence-corrected chi connectivity index (χ0v) is 12.6. The summed E-state index contributed by atoms with van der Waals surface area (Å²) in [5.74, 6) is 1.74. The van der Waals surface area contributed by atoms with Crippen LogP contribution in [-0.2, 0) is 4.74 Å². The Labute approximate surface area is 113 Å². The van der Waals surface area contributed by atoms with Crippen molar-refractivity contribution in [3.63, 3.8) is 0 Å². The molecule has 100 valence electrons. The van der Waals surface area contributed by atoms with Gasteiger partial charge in [-0.3, -0.25) is 0 Å². The summed E-state index contributed by atoms with van der Waals surface area (Å²) in [6.45, 7) is 4.36. The van der Waals surface area contributed by atoms with Crippen molar-refractivity contribution < 1.29 is 9.53 Å². The monoisotopic (exact) mass is 277 g/mol. The van der Waals surface area contributed by atoms with E-state index >= 15 is 0 Å². The van der Waals surface area contributed by atoms with Crippen LogP contribution in [0.1, 0.15) is 19.8 Å². The predicted octanol–water partition coefficient (Wildman–Crippen LogP) is 2.95. The third-order valence-electron chi connectivity index (χ3n) is 3.05. The number of ether oxygens (including phenoxy) is 1. The first-order chi connectivity index (χ1) is 8.22. The van der Waals surface area contributed by atoms with E-state index < -0.39 is 0 Å². The van der Waals surface area contributed by atoms with Gasteiger partial charge in [-0.05, 0) is 30.6 Å². The maximum Gasteiger partial charge on any atom is 0.409 e. The molecule has 0 bridgehead atoms. The molecule has 2 atom stereocenters. The van der Waals surface area contributed by atoms with Crippen molar-refractivity contribution in [1.82, 2.24) is 4.90 Å². The van der Waals surface area contributed by atoms with Crippen LogP contribution in [0.15, 0.2) is 0 Å². The Balaban J connectivity index is 2.37. The third kappa shape index (κ3) is 4.62. The van der Waals surface area contributed by atoms with E-state index in [4.69, 9.17) is 4.74 Å². The minimum Gasteiger partial charge on any atom is -0.449 e. The number of carbonyl (C=O) groups is 1. The fraction of sp³-hybridized carbons (Fsp3) is 0.917. The lowest BCUT2D eigenvalue weighted by Gasteiger charge is -2.15. The normalized spacial score (nSPS) is 24.1. The molecule has 1 fully saturated rings. The molecule has 0 aromatic heterocycles. The molecule has 0 spiro atoms. The summed E-state index contributed by atoms with van der Waals surface area (Å²) in [6.07, 6.45) is 6.15. The van der Waals surface area contributed by atoms with Crippen molar-refractivity contribution in [3.05, 3.63) is 0 Å². The highest BCUT2D eigenvalue weighted by Gasteiger charge is 2.34. The summed E-state index contributed by atoms with van der Waals surface area (Å²) >= 11 is 3.73. The Morgan fingerprint density at radius 2 is 2.18 bits per heavy atom. The van der Waals surface area contributed by atoms with Crippen molar-refractivity contribution in [1.29, 1.82) is 0 Å². The van der Waals surface area contributed by atoms with E-state index in [-0.39, 0.29) is 6.09 Å². The maximum atomic E-state index is 11.8. The molecule has 0 radical (unpaired) electrons. The van der Waals surface area contributed by atoms with E-state index in [2.05, 4.69) is 19.4 Å². The van der Waals surface area contributed by atoms with Crippen LogP contribution < -0.4 is 0 Å². The van der Waals surface area contributed by atoms with Crippen LogP contribution >= 0.6 is 23.5 Å². The van der Waals surface area contributed by atoms with Crippen LogP contribution in [0.5, 0.6) is 0 Å². The van der Waals surface area contributed by atoms with Crippen LogP contribution in [0.2, 0.25) is 0 Å². The summed E-state index contributed by atoms with van der Waals surface area (Å²) in [6, 6.07) is 0.